The third kappa shape index (κ3) is 24.5. The third-order valence-electron chi connectivity index (χ3n) is 14.0. The van der Waals surface area contributed by atoms with E-state index < -0.39 is 67.5 Å². The number of nitrogens with one attached hydrogen (secondary N) is 2. The van der Waals surface area contributed by atoms with Crippen LogP contribution >= 0.6 is 23.2 Å². The molecule has 24 nitrogen and oxygen atoms in total. The summed E-state index contributed by atoms with van der Waals surface area (Å²) in [4.78, 5) is 85.8. The lowest BCUT2D eigenvalue weighted by Crippen LogP contribution is -2.47. The standard InChI is InChI=1S/C38H44ClN5O9S.C28H28ClN5O5S.CH4.F2/c1-37(2,3)52-35(48)41-34(42-36(49)53-38(4,5)6)40-30-17-13-27(14-18-30)32(45)43-21-19-31(24-43)44(23-26-7-11-28(12-8-26)33(46)47)54(50,51)22-20-25-9-15-29(39)16-10-25;29-23-9-3-19(4-10-23)14-16-40(38,39)34(17-20-1-5-22(6-2-20)27(36)37)25-13-15-33(18-25)26(35)21-7-11-24(12-8-21)32-28(30)31;;1-2/h7-18,20,22,31H,19,21,23-24H2,1-6H3,(H,46,47)(H2,40,41,42,48,49);1-12,14,16,25H,13,15,17-18H2,(H,36,37)(H4,30,31,32);1H4;/b22-20+;16-14+;;. The van der Waals surface area contributed by atoms with Gasteiger partial charge in [0.15, 0.2) is 5.96 Å². The van der Waals surface area contributed by atoms with Crippen LogP contribution in [-0.2, 0) is 42.6 Å². The quantitative estimate of drug-likeness (QED) is 0.0344. The van der Waals surface area contributed by atoms with Gasteiger partial charge in [-0.05, 0) is 186 Å². The van der Waals surface area contributed by atoms with Gasteiger partial charge < -0.3 is 41.0 Å². The van der Waals surface area contributed by atoms with Crippen molar-refractivity contribution in [3.05, 3.63) is 211 Å². The zero-order valence-corrected chi connectivity index (χ0v) is 56.1. The predicted octanol–water partition coefficient (Wildman–Crippen LogP) is 11.9. The van der Waals surface area contributed by atoms with Gasteiger partial charge in [0.1, 0.15) is 11.2 Å². The molecule has 2 aliphatic heterocycles. The van der Waals surface area contributed by atoms with E-state index in [1.165, 1.54) is 69.3 Å². The van der Waals surface area contributed by atoms with Crippen LogP contribution in [0.3, 0.4) is 0 Å². The number of likely N-dealkylation sites (tertiary alicyclic amines) is 2. The maximum absolute atomic E-state index is 13.8. The first-order valence-electron chi connectivity index (χ1n) is 29.4. The molecule has 4 amide bonds. The van der Waals surface area contributed by atoms with Gasteiger partial charge in [0.05, 0.1) is 22.5 Å². The molecule has 0 saturated carbocycles. The summed E-state index contributed by atoms with van der Waals surface area (Å²) in [5.41, 5.74) is 13.3. The molecule has 2 atom stereocenters. The third-order valence-corrected chi connectivity index (χ3v) is 17.6. The van der Waals surface area contributed by atoms with Gasteiger partial charge in [0, 0.05) is 92.5 Å². The number of guanidine groups is 2. The summed E-state index contributed by atoms with van der Waals surface area (Å²) in [6, 6.07) is 36.9. The number of ether oxygens (including phenoxy) is 2. The molecule has 0 aromatic heterocycles. The Labute approximate surface area is 571 Å². The number of hydrogen-bond acceptors (Lipinski definition) is 14. The highest BCUT2D eigenvalue weighted by atomic mass is 35.5. The lowest BCUT2D eigenvalue weighted by molar-refractivity contribution is 0.0541. The SMILES string of the molecule is C.CC(C)(C)OC(=O)NC(=Nc1ccc(C(=O)N2CCC(N(Cc3ccc(C(=O)O)cc3)S(=O)(=O)/C=C/c3ccc(Cl)cc3)C2)cc1)NC(=O)OC(C)(C)C.FF.NC(N)=Nc1ccc(C(=O)N2CCC(N(Cc3ccc(C(=O)O)cc3)S(=O)(=O)/C=C/c3ccc(Cl)cc3)C2)cc1. The first kappa shape index (κ1) is 78.1. The minimum absolute atomic E-state index is 0. The average molecular weight is 1420 g/mol. The van der Waals surface area contributed by atoms with Crippen LogP contribution < -0.4 is 22.1 Å². The van der Waals surface area contributed by atoms with E-state index in [-0.39, 0.29) is 80.7 Å². The maximum Gasteiger partial charge on any atom is 0.414 e. The first-order valence-corrected chi connectivity index (χ1v) is 33.1. The Balaban J connectivity index is 0.000000352. The number of hydrogen-bond donors (Lipinski definition) is 6. The van der Waals surface area contributed by atoms with Crippen LogP contribution in [0.1, 0.15) is 125 Å². The second-order valence-corrected chi connectivity index (χ2v) is 28.0. The lowest BCUT2D eigenvalue weighted by atomic mass is 10.1. The molecule has 6 aromatic rings. The highest BCUT2D eigenvalue weighted by molar-refractivity contribution is 7.92. The van der Waals surface area contributed by atoms with Gasteiger partial charge in [-0.25, -0.2) is 46.0 Å². The summed E-state index contributed by atoms with van der Waals surface area (Å²) in [6.45, 7) is 11.0. The summed E-state index contributed by atoms with van der Waals surface area (Å²) >= 11 is 11.9. The van der Waals surface area contributed by atoms with Gasteiger partial charge in [0.25, 0.3) is 11.8 Å². The van der Waals surface area contributed by atoms with E-state index >= 15 is 0 Å². The highest BCUT2D eigenvalue weighted by Gasteiger charge is 2.38. The number of amides is 4. The summed E-state index contributed by atoms with van der Waals surface area (Å²) in [5, 5.41) is 26.6. The Morgan fingerprint density at radius 2 is 0.866 bits per heavy atom. The number of carbonyl (C=O) groups is 6. The molecule has 2 aliphatic rings. The van der Waals surface area contributed by atoms with Crippen molar-refractivity contribution < 1.29 is 74.4 Å². The zero-order chi connectivity index (χ0) is 70.7. The van der Waals surface area contributed by atoms with Gasteiger partial charge in [0.2, 0.25) is 26.0 Å². The molecular formula is C67H76Cl2F2N10O14S2. The van der Waals surface area contributed by atoms with Crippen molar-refractivity contribution in [1.82, 2.24) is 29.0 Å². The number of sulfonamides is 2. The summed E-state index contributed by atoms with van der Waals surface area (Å²) in [5.74, 6) is -3.10. The monoisotopic (exact) mass is 1420 g/mol. The molecule has 8 N–H and O–H groups in total. The molecule has 2 saturated heterocycles. The molecule has 8 rings (SSSR count). The number of rotatable bonds is 18. The van der Waals surface area contributed by atoms with Crippen molar-refractivity contribution in [3.63, 3.8) is 0 Å². The number of nitrogens with zero attached hydrogens (tertiary/aromatic N) is 6. The van der Waals surface area contributed by atoms with Crippen LogP contribution in [0.5, 0.6) is 0 Å². The van der Waals surface area contributed by atoms with Gasteiger partial charge in [-0.2, -0.15) is 8.61 Å². The molecule has 2 fully saturated rings. The molecule has 0 spiro atoms. The summed E-state index contributed by atoms with van der Waals surface area (Å²) in [7, 11) is -7.98. The molecule has 30 heteroatoms. The van der Waals surface area contributed by atoms with Crippen molar-refractivity contribution in [2.45, 2.75) is 98.2 Å². The summed E-state index contributed by atoms with van der Waals surface area (Å²) < 4.78 is 84.0. The van der Waals surface area contributed by atoms with Crippen molar-refractivity contribution in [2.24, 2.45) is 21.5 Å². The van der Waals surface area contributed by atoms with Crippen LogP contribution in [0.15, 0.2) is 166 Å². The number of aliphatic imine (C=N–C) groups is 2. The Hall–Kier alpha value is -9.58. The molecule has 97 heavy (non-hydrogen) atoms. The number of benzene rings is 6. The smallest absolute Gasteiger partial charge is 0.414 e. The van der Waals surface area contributed by atoms with Crippen LogP contribution in [0.2, 0.25) is 10.0 Å². The Morgan fingerprint density at radius 1 is 0.546 bits per heavy atom. The molecule has 518 valence electrons. The molecule has 2 heterocycles. The van der Waals surface area contributed by atoms with E-state index in [1.54, 1.807) is 148 Å². The largest absolute Gasteiger partial charge is 0.478 e. The fourth-order valence-electron chi connectivity index (χ4n) is 9.56. The number of alkyl carbamates (subject to hydrolysis) is 2. The molecule has 2 unspecified atom stereocenters. The van der Waals surface area contributed by atoms with E-state index in [4.69, 9.17) is 53.3 Å². The minimum Gasteiger partial charge on any atom is -0.478 e. The first-order chi connectivity index (χ1) is 45.2. The lowest BCUT2D eigenvalue weighted by Gasteiger charge is -2.27. The van der Waals surface area contributed by atoms with E-state index in [9.17, 15) is 55.8 Å². The number of carbonyl (C=O) groups excluding carboxylic acids is 4. The van der Waals surface area contributed by atoms with Crippen LogP contribution in [0.25, 0.3) is 12.2 Å². The van der Waals surface area contributed by atoms with Crippen molar-refractivity contribution in [1.29, 1.82) is 0 Å². The Kier molecular flexibility index (Phi) is 28.1. The number of nitrogens with two attached hydrogens (primary N) is 2. The highest BCUT2D eigenvalue weighted by Crippen LogP contribution is 2.29. The van der Waals surface area contributed by atoms with E-state index in [0.29, 0.717) is 68.5 Å². The minimum atomic E-state index is -4.03. The summed E-state index contributed by atoms with van der Waals surface area (Å²) in [6.07, 6.45) is 2.01. The van der Waals surface area contributed by atoms with Crippen LogP contribution in [0.4, 0.5) is 30.1 Å². The van der Waals surface area contributed by atoms with Crippen LogP contribution in [0, 0.1) is 0 Å². The molecule has 0 bridgehead atoms. The van der Waals surface area contributed by atoms with Gasteiger partial charge in [-0.15, -0.1) is 0 Å². The average Bonchev–Trinajstić information content (AvgIpc) is 1.65. The van der Waals surface area contributed by atoms with Crippen LogP contribution in [-0.4, -0.2) is 143 Å². The predicted molar refractivity (Wildman–Crippen MR) is 368 cm³/mol. The topological polar surface area (TPSA) is 343 Å². The fraction of sp³-hybridized carbons (Fsp3) is 0.284. The Bertz CT molecular complexity index is 4050. The number of halogens is 4. The van der Waals surface area contributed by atoms with Crippen molar-refractivity contribution >= 4 is 115 Å². The van der Waals surface area contributed by atoms with E-state index in [0.717, 1.165) is 10.8 Å². The maximum atomic E-state index is 13.8. The molecule has 0 radical (unpaired) electrons. The molecule has 0 aliphatic carbocycles. The van der Waals surface area contributed by atoms with Crippen molar-refractivity contribution in [3.8, 4) is 0 Å². The fourth-order valence-corrected chi connectivity index (χ4v) is 12.6. The number of aromatic carboxylic acids is 2. The van der Waals surface area contributed by atoms with Gasteiger partial charge in [-0.3, -0.25) is 20.2 Å². The molecular weight excluding hydrogens is 1340 g/mol. The normalized spacial score (nSPS) is 14.7. The van der Waals surface area contributed by atoms with Gasteiger partial charge in [-0.1, -0.05) is 79.2 Å². The zero-order valence-electron chi connectivity index (χ0n) is 52.9. The number of carboxylic acid groups (broad SMARTS) is 2. The van der Waals surface area contributed by atoms with E-state index in [2.05, 4.69) is 20.6 Å². The van der Waals surface area contributed by atoms with E-state index in [1.807, 2.05) is 0 Å². The van der Waals surface area contributed by atoms with Crippen molar-refractivity contribution in [2.75, 3.05) is 26.2 Å². The Morgan fingerprint density at radius 3 is 1.18 bits per heavy atom. The second-order valence-electron chi connectivity index (χ2n) is 23.6. The number of carboxylic acids is 2. The second kappa shape index (κ2) is 34.9. The molecule has 6 aromatic carbocycles. The van der Waals surface area contributed by atoms with Gasteiger partial charge >= 0.3 is 24.1 Å².